The summed E-state index contributed by atoms with van der Waals surface area (Å²) < 4.78 is 12.7. The van der Waals surface area contributed by atoms with E-state index in [1.54, 1.807) is 21.6 Å². The topological polar surface area (TPSA) is 0 Å². The summed E-state index contributed by atoms with van der Waals surface area (Å²) in [5.74, 6) is 0.712. The van der Waals surface area contributed by atoms with E-state index in [1.165, 1.54) is 22.6 Å². The Balaban J connectivity index is 1.83. The molecule has 2 aromatic rings. The fourth-order valence-electron chi connectivity index (χ4n) is 1.34. The molecule has 0 saturated carbocycles. The van der Waals surface area contributed by atoms with Gasteiger partial charge < -0.3 is 0 Å². The lowest BCUT2D eigenvalue weighted by atomic mass is 10.2. The normalized spacial score (nSPS) is 10.5. The van der Waals surface area contributed by atoms with Gasteiger partial charge in [-0.15, -0.1) is 0 Å². The summed E-state index contributed by atoms with van der Waals surface area (Å²) in [6, 6.07) is 15.1. The lowest BCUT2D eigenvalue weighted by molar-refractivity contribution is 0.627. The third kappa shape index (κ3) is 4.10. The molecule has 2 rings (SSSR count). The smallest absolute Gasteiger partial charge is 0.123 e. The first kappa shape index (κ1) is 12.5. The summed E-state index contributed by atoms with van der Waals surface area (Å²) in [5.41, 5.74) is 2.42. The quantitative estimate of drug-likeness (QED) is 0.707. The van der Waals surface area contributed by atoms with Gasteiger partial charge in [-0.25, -0.2) is 4.39 Å². The van der Waals surface area contributed by atoms with Gasteiger partial charge in [0.2, 0.25) is 0 Å². The average Bonchev–Trinajstić information content (AvgIpc) is 2.34. The van der Waals surface area contributed by atoms with Crippen LogP contribution in [0.25, 0.3) is 0 Å². The van der Waals surface area contributed by atoms with Crippen molar-refractivity contribution >= 4 is 21.6 Å². The Morgan fingerprint density at radius 3 is 2.24 bits per heavy atom. The van der Waals surface area contributed by atoms with Crippen LogP contribution in [-0.4, -0.2) is 0 Å². The Morgan fingerprint density at radius 1 is 0.941 bits per heavy atom. The summed E-state index contributed by atoms with van der Waals surface area (Å²) in [7, 11) is 3.52. The first-order valence-electron chi connectivity index (χ1n) is 5.34. The maximum Gasteiger partial charge on any atom is 0.123 e. The summed E-state index contributed by atoms with van der Waals surface area (Å²) in [5, 5.41) is 0. The van der Waals surface area contributed by atoms with Crippen molar-refractivity contribution in [2.45, 2.75) is 17.6 Å². The van der Waals surface area contributed by atoms with Gasteiger partial charge in [-0.1, -0.05) is 51.4 Å². The second-order valence-electron chi connectivity index (χ2n) is 3.79. The van der Waals surface area contributed by atoms with Crippen molar-refractivity contribution in [2.75, 3.05) is 0 Å². The summed E-state index contributed by atoms with van der Waals surface area (Å²) in [6.07, 6.45) is 0. The molecule has 0 aliphatic carbocycles. The van der Waals surface area contributed by atoms with E-state index in [0.717, 1.165) is 11.3 Å². The van der Waals surface area contributed by atoms with Crippen molar-refractivity contribution in [3.63, 3.8) is 0 Å². The zero-order chi connectivity index (χ0) is 12.1. The zero-order valence-corrected chi connectivity index (χ0v) is 11.2. The molecule has 17 heavy (non-hydrogen) atoms. The summed E-state index contributed by atoms with van der Waals surface area (Å²) in [6.45, 7) is 2.08. The standard InChI is InChI=1S/C14H13FS2/c1-11-2-8-14(9-3-11)17-16-10-12-4-6-13(15)7-5-12/h2-9H,10H2,1H3. The molecule has 0 bridgehead atoms. The Morgan fingerprint density at radius 2 is 1.59 bits per heavy atom. The fourth-order valence-corrected chi connectivity index (χ4v) is 3.44. The van der Waals surface area contributed by atoms with Crippen LogP contribution >= 0.6 is 21.6 Å². The number of hydrogen-bond donors (Lipinski definition) is 0. The first-order valence-corrected chi connectivity index (χ1v) is 7.66. The molecule has 0 heterocycles. The van der Waals surface area contributed by atoms with Crippen LogP contribution < -0.4 is 0 Å². The maximum absolute atomic E-state index is 12.7. The highest BCUT2D eigenvalue weighted by Gasteiger charge is 1.97. The number of hydrogen-bond acceptors (Lipinski definition) is 2. The fraction of sp³-hybridized carbons (Fsp3) is 0.143. The highest BCUT2D eigenvalue weighted by atomic mass is 33.1. The van der Waals surface area contributed by atoms with Gasteiger partial charge in [0, 0.05) is 10.6 Å². The monoisotopic (exact) mass is 264 g/mol. The molecule has 0 fully saturated rings. The predicted molar refractivity (Wildman–Crippen MR) is 74.7 cm³/mol. The van der Waals surface area contributed by atoms with Gasteiger partial charge in [0.05, 0.1) is 0 Å². The molecule has 0 radical (unpaired) electrons. The van der Waals surface area contributed by atoms with Gasteiger partial charge in [0.1, 0.15) is 5.82 Å². The largest absolute Gasteiger partial charge is 0.207 e. The molecule has 88 valence electrons. The lowest BCUT2D eigenvalue weighted by Gasteiger charge is -2.02. The molecule has 0 atom stereocenters. The molecule has 0 aliphatic heterocycles. The van der Waals surface area contributed by atoms with Crippen molar-refractivity contribution < 1.29 is 4.39 Å². The van der Waals surface area contributed by atoms with Gasteiger partial charge in [-0.05, 0) is 36.8 Å². The minimum atomic E-state index is -0.176. The predicted octanol–water partition coefficient (Wildman–Crippen LogP) is 5.07. The minimum absolute atomic E-state index is 0.176. The van der Waals surface area contributed by atoms with Crippen molar-refractivity contribution in [3.8, 4) is 0 Å². The van der Waals surface area contributed by atoms with Crippen LogP contribution in [0.2, 0.25) is 0 Å². The van der Waals surface area contributed by atoms with E-state index in [4.69, 9.17) is 0 Å². The number of aryl methyl sites for hydroxylation is 1. The lowest BCUT2D eigenvalue weighted by Crippen LogP contribution is -1.79. The molecule has 0 spiro atoms. The van der Waals surface area contributed by atoms with E-state index < -0.39 is 0 Å². The molecule has 0 aliphatic rings. The molecule has 0 saturated heterocycles. The average molecular weight is 264 g/mol. The Bertz CT molecular complexity index is 417. The zero-order valence-electron chi connectivity index (χ0n) is 9.52. The molecule has 0 amide bonds. The Kier molecular flexibility index (Phi) is 4.51. The van der Waals surface area contributed by atoms with Crippen LogP contribution in [0.1, 0.15) is 11.1 Å². The van der Waals surface area contributed by atoms with Crippen molar-refractivity contribution in [2.24, 2.45) is 0 Å². The molecular weight excluding hydrogens is 251 g/mol. The van der Waals surface area contributed by atoms with Crippen LogP contribution in [0.4, 0.5) is 4.39 Å². The van der Waals surface area contributed by atoms with E-state index >= 15 is 0 Å². The van der Waals surface area contributed by atoms with Crippen LogP contribution in [0.3, 0.4) is 0 Å². The maximum atomic E-state index is 12.7. The van der Waals surface area contributed by atoms with E-state index in [9.17, 15) is 4.39 Å². The third-order valence-electron chi connectivity index (χ3n) is 2.31. The van der Waals surface area contributed by atoms with Gasteiger partial charge in [0.15, 0.2) is 0 Å². The molecule has 0 nitrogen and oxygen atoms in total. The van der Waals surface area contributed by atoms with Crippen molar-refractivity contribution in [1.82, 2.24) is 0 Å². The Labute approximate surface area is 109 Å². The highest BCUT2D eigenvalue weighted by molar-refractivity contribution is 8.76. The van der Waals surface area contributed by atoms with Gasteiger partial charge in [-0.2, -0.15) is 0 Å². The Hall–Kier alpha value is -0.930. The van der Waals surface area contributed by atoms with E-state index in [-0.39, 0.29) is 5.82 Å². The highest BCUT2D eigenvalue weighted by Crippen LogP contribution is 2.33. The summed E-state index contributed by atoms with van der Waals surface area (Å²) >= 11 is 0. The molecule has 0 N–H and O–H groups in total. The molecule has 3 heteroatoms. The van der Waals surface area contributed by atoms with Gasteiger partial charge in [-0.3, -0.25) is 0 Å². The number of benzene rings is 2. The molecule has 2 aromatic carbocycles. The van der Waals surface area contributed by atoms with E-state index in [2.05, 4.69) is 31.2 Å². The van der Waals surface area contributed by atoms with Gasteiger partial charge in [0.25, 0.3) is 0 Å². The third-order valence-corrected chi connectivity index (χ3v) is 4.63. The SMILES string of the molecule is Cc1ccc(SSCc2ccc(F)cc2)cc1. The van der Waals surface area contributed by atoms with Crippen molar-refractivity contribution in [1.29, 1.82) is 0 Å². The van der Waals surface area contributed by atoms with E-state index in [1.807, 2.05) is 12.1 Å². The number of halogens is 1. The van der Waals surface area contributed by atoms with Crippen LogP contribution in [0.5, 0.6) is 0 Å². The first-order chi connectivity index (χ1) is 8.24. The van der Waals surface area contributed by atoms with Gasteiger partial charge >= 0.3 is 0 Å². The molecule has 0 aromatic heterocycles. The minimum Gasteiger partial charge on any atom is -0.207 e. The van der Waals surface area contributed by atoms with Crippen LogP contribution in [-0.2, 0) is 5.75 Å². The molecular formula is C14H13FS2. The summed E-state index contributed by atoms with van der Waals surface area (Å²) in [4.78, 5) is 1.25. The van der Waals surface area contributed by atoms with E-state index in [0.29, 0.717) is 0 Å². The second-order valence-corrected chi connectivity index (χ2v) is 6.15. The number of rotatable bonds is 4. The second kappa shape index (κ2) is 6.12. The van der Waals surface area contributed by atoms with Crippen LogP contribution in [0.15, 0.2) is 53.4 Å². The van der Waals surface area contributed by atoms with Crippen LogP contribution in [0, 0.1) is 12.7 Å². The molecule has 0 unspecified atom stereocenters. The van der Waals surface area contributed by atoms with Crippen molar-refractivity contribution in [3.05, 3.63) is 65.5 Å².